The zero-order chi connectivity index (χ0) is 35.8. The van der Waals surface area contributed by atoms with E-state index in [0.29, 0.717) is 0 Å². The van der Waals surface area contributed by atoms with Crippen molar-refractivity contribution in [2.45, 2.75) is 0 Å². The van der Waals surface area contributed by atoms with Gasteiger partial charge in [0.1, 0.15) is 0 Å². The molecule has 0 aliphatic rings. The molecule has 0 unspecified atom stereocenters. The van der Waals surface area contributed by atoms with Crippen LogP contribution in [0.3, 0.4) is 0 Å². The highest BCUT2D eigenvalue weighted by Gasteiger charge is 2.16. The molecule has 4 heterocycles. The molecular weight excluding hydrogens is 657 g/mol. The lowest BCUT2D eigenvalue weighted by Gasteiger charge is -2.15. The molecule has 4 nitrogen and oxygen atoms in total. The average molecular weight is 689 g/mol. The fourth-order valence-corrected chi connectivity index (χ4v) is 7.55. The average Bonchev–Trinajstić information content (AvgIpc) is 3.26. The van der Waals surface area contributed by atoms with E-state index in [-0.39, 0.29) is 0 Å². The standard InChI is InChI=1S/C50H32N4/c1-3-9-33(10-4-1)44-21-24-53-49-45(44)19-20-46-47(30-48(54-50(46)49)34-11-5-2-6-12-34)38-18-17-35-25-37(16-15-36(35)26-38)41-27-42(39-13-7-22-51-31-39)29-43(28-41)40-14-8-23-52-32-40/h1-32H. The van der Waals surface area contributed by atoms with Gasteiger partial charge in [0.15, 0.2) is 0 Å². The predicted octanol–water partition coefficient (Wildman–Crippen LogP) is 12.7. The Bertz CT molecular complexity index is 2910. The lowest BCUT2D eigenvalue weighted by molar-refractivity contribution is 1.32. The fraction of sp³-hybridized carbons (Fsp3) is 0. The normalized spacial score (nSPS) is 11.3. The molecule has 0 fully saturated rings. The molecule has 0 atom stereocenters. The van der Waals surface area contributed by atoms with Crippen LogP contribution in [0.4, 0.5) is 0 Å². The van der Waals surface area contributed by atoms with Gasteiger partial charge in [-0.2, -0.15) is 0 Å². The van der Waals surface area contributed by atoms with E-state index in [1.54, 1.807) is 0 Å². The molecule has 4 heteroatoms. The lowest BCUT2D eigenvalue weighted by atomic mass is 9.92. The van der Waals surface area contributed by atoms with Crippen LogP contribution in [0.1, 0.15) is 0 Å². The van der Waals surface area contributed by atoms with Gasteiger partial charge in [-0.15, -0.1) is 0 Å². The molecule has 0 spiro atoms. The molecule has 0 N–H and O–H groups in total. The van der Waals surface area contributed by atoms with E-state index >= 15 is 0 Å². The summed E-state index contributed by atoms with van der Waals surface area (Å²) in [5.74, 6) is 0. The third-order valence-electron chi connectivity index (χ3n) is 10.3. The van der Waals surface area contributed by atoms with Crippen molar-refractivity contribution in [1.82, 2.24) is 19.9 Å². The highest BCUT2D eigenvalue weighted by atomic mass is 14.8. The van der Waals surface area contributed by atoms with Gasteiger partial charge in [0, 0.05) is 58.4 Å². The second-order valence-electron chi connectivity index (χ2n) is 13.6. The molecule has 10 aromatic rings. The summed E-state index contributed by atoms with van der Waals surface area (Å²) in [6.45, 7) is 0. The molecule has 10 rings (SSSR count). The summed E-state index contributed by atoms with van der Waals surface area (Å²) in [5.41, 5.74) is 15.0. The molecule has 54 heavy (non-hydrogen) atoms. The van der Waals surface area contributed by atoms with Gasteiger partial charge in [-0.1, -0.05) is 109 Å². The van der Waals surface area contributed by atoms with Crippen molar-refractivity contribution in [1.29, 1.82) is 0 Å². The van der Waals surface area contributed by atoms with Crippen molar-refractivity contribution >= 4 is 32.6 Å². The maximum atomic E-state index is 5.29. The van der Waals surface area contributed by atoms with Gasteiger partial charge in [-0.25, -0.2) is 4.98 Å². The van der Waals surface area contributed by atoms with Gasteiger partial charge in [-0.05, 0) is 110 Å². The van der Waals surface area contributed by atoms with Crippen molar-refractivity contribution < 1.29 is 0 Å². The van der Waals surface area contributed by atoms with Gasteiger partial charge >= 0.3 is 0 Å². The number of benzene rings is 6. The Morgan fingerprint density at radius 3 is 1.50 bits per heavy atom. The van der Waals surface area contributed by atoms with Crippen molar-refractivity contribution in [2.75, 3.05) is 0 Å². The minimum atomic E-state index is 0.898. The zero-order valence-corrected chi connectivity index (χ0v) is 29.3. The summed E-state index contributed by atoms with van der Waals surface area (Å²) in [4.78, 5) is 19.0. The third-order valence-corrected chi connectivity index (χ3v) is 10.3. The summed E-state index contributed by atoms with van der Waals surface area (Å²) in [7, 11) is 0. The number of fused-ring (bicyclic) bond motifs is 4. The second kappa shape index (κ2) is 13.4. The first-order valence-electron chi connectivity index (χ1n) is 18.1. The zero-order valence-electron chi connectivity index (χ0n) is 29.3. The number of pyridine rings is 4. The largest absolute Gasteiger partial charge is 0.264 e. The SMILES string of the molecule is c1ccc(-c2cc(-c3ccc4cc(-c5cc(-c6cccnc6)cc(-c6cccnc6)c5)ccc4c3)c3ccc4c(-c5ccccc5)ccnc4c3n2)cc1. The highest BCUT2D eigenvalue weighted by molar-refractivity contribution is 6.13. The van der Waals surface area contributed by atoms with Crippen molar-refractivity contribution in [3.8, 4) is 66.9 Å². The molecule has 4 aromatic heterocycles. The lowest BCUT2D eigenvalue weighted by Crippen LogP contribution is -1.94. The van der Waals surface area contributed by atoms with E-state index in [1.165, 1.54) is 10.8 Å². The smallest absolute Gasteiger partial charge is 0.0978 e. The third kappa shape index (κ3) is 5.76. The first-order valence-corrected chi connectivity index (χ1v) is 18.1. The number of rotatable bonds is 6. The fourth-order valence-electron chi connectivity index (χ4n) is 7.55. The monoisotopic (exact) mass is 688 g/mol. The van der Waals surface area contributed by atoms with Gasteiger partial charge in [0.05, 0.1) is 16.7 Å². The van der Waals surface area contributed by atoms with Crippen LogP contribution in [0.25, 0.3) is 99.5 Å². The molecule has 0 saturated heterocycles. The van der Waals surface area contributed by atoms with Crippen LogP contribution in [0.5, 0.6) is 0 Å². The highest BCUT2D eigenvalue weighted by Crippen LogP contribution is 2.39. The van der Waals surface area contributed by atoms with E-state index in [1.807, 2.05) is 55.2 Å². The van der Waals surface area contributed by atoms with E-state index in [4.69, 9.17) is 9.97 Å². The van der Waals surface area contributed by atoms with Crippen molar-refractivity contribution in [3.63, 3.8) is 0 Å². The number of hydrogen-bond donors (Lipinski definition) is 0. The maximum Gasteiger partial charge on any atom is 0.0978 e. The molecule has 0 bridgehead atoms. The Morgan fingerprint density at radius 2 is 0.870 bits per heavy atom. The summed E-state index contributed by atoms with van der Waals surface area (Å²) in [6, 6.07) is 58.1. The molecule has 252 valence electrons. The topological polar surface area (TPSA) is 51.6 Å². The molecule has 0 saturated carbocycles. The van der Waals surface area contributed by atoms with Gasteiger partial charge in [0.25, 0.3) is 0 Å². The van der Waals surface area contributed by atoms with Crippen molar-refractivity contribution in [3.05, 3.63) is 195 Å². The summed E-state index contributed by atoms with van der Waals surface area (Å²) in [6.07, 6.45) is 9.36. The van der Waals surface area contributed by atoms with E-state index in [0.717, 1.165) is 88.7 Å². The minimum absolute atomic E-state index is 0.898. The van der Waals surface area contributed by atoms with Crippen LogP contribution in [-0.4, -0.2) is 19.9 Å². The summed E-state index contributed by atoms with van der Waals surface area (Å²) >= 11 is 0. The van der Waals surface area contributed by atoms with Crippen molar-refractivity contribution in [2.24, 2.45) is 0 Å². The quantitative estimate of drug-likeness (QED) is 0.163. The van der Waals surface area contributed by atoms with E-state index < -0.39 is 0 Å². The van der Waals surface area contributed by atoms with E-state index in [2.05, 4.69) is 149 Å². The van der Waals surface area contributed by atoms with Crippen LogP contribution in [0.2, 0.25) is 0 Å². The Labute approximate surface area is 313 Å². The molecular formula is C50H32N4. The van der Waals surface area contributed by atoms with Gasteiger partial charge < -0.3 is 0 Å². The Kier molecular flexibility index (Phi) is 7.77. The molecule has 0 radical (unpaired) electrons. The van der Waals surface area contributed by atoms with Gasteiger partial charge in [-0.3, -0.25) is 15.0 Å². The van der Waals surface area contributed by atoms with Gasteiger partial charge in [0.2, 0.25) is 0 Å². The first kappa shape index (κ1) is 31.4. The maximum absolute atomic E-state index is 5.29. The Hall–Kier alpha value is -7.30. The summed E-state index contributed by atoms with van der Waals surface area (Å²) in [5, 5.41) is 4.51. The molecule has 6 aromatic carbocycles. The van der Waals surface area contributed by atoms with Crippen LogP contribution in [0, 0.1) is 0 Å². The second-order valence-corrected chi connectivity index (χ2v) is 13.6. The molecule has 0 aliphatic heterocycles. The van der Waals surface area contributed by atoms with Crippen LogP contribution in [0.15, 0.2) is 195 Å². The van der Waals surface area contributed by atoms with Crippen LogP contribution >= 0.6 is 0 Å². The number of aromatic nitrogens is 4. The minimum Gasteiger partial charge on any atom is -0.264 e. The number of hydrogen-bond acceptors (Lipinski definition) is 4. The predicted molar refractivity (Wildman–Crippen MR) is 223 cm³/mol. The van der Waals surface area contributed by atoms with Crippen LogP contribution < -0.4 is 0 Å². The van der Waals surface area contributed by atoms with Crippen LogP contribution in [-0.2, 0) is 0 Å². The van der Waals surface area contributed by atoms with E-state index in [9.17, 15) is 0 Å². The number of nitrogens with zero attached hydrogens (tertiary/aromatic N) is 4. The first-order chi connectivity index (χ1) is 26.7. The Morgan fingerprint density at radius 1 is 0.315 bits per heavy atom. The molecule has 0 amide bonds. The molecule has 0 aliphatic carbocycles. The Balaban J connectivity index is 1.12. The summed E-state index contributed by atoms with van der Waals surface area (Å²) < 4.78 is 0.